The first-order valence-electron chi connectivity index (χ1n) is 7.25. The van der Waals surface area contributed by atoms with Crippen LogP contribution < -0.4 is 15.4 Å². The lowest BCUT2D eigenvalue weighted by atomic mass is 10.2. The van der Waals surface area contributed by atoms with Gasteiger partial charge >= 0.3 is 0 Å². The van der Waals surface area contributed by atoms with E-state index in [1.165, 1.54) is 0 Å². The quantitative estimate of drug-likeness (QED) is 0.404. The van der Waals surface area contributed by atoms with Crippen LogP contribution >= 0.6 is 24.0 Å². The molecule has 0 aromatic heterocycles. The topological polar surface area (TPSA) is 54.9 Å². The molecule has 126 valence electrons. The maximum atomic E-state index is 5.92. The first-order chi connectivity index (χ1) is 10.1. The number of hydrogen-bond donors (Lipinski definition) is 2. The van der Waals surface area contributed by atoms with Gasteiger partial charge in [-0.25, -0.2) is 0 Å². The van der Waals surface area contributed by atoms with Crippen LogP contribution in [-0.4, -0.2) is 45.4 Å². The summed E-state index contributed by atoms with van der Waals surface area (Å²) in [6, 6.07) is 8.22. The van der Waals surface area contributed by atoms with E-state index < -0.39 is 0 Å². The summed E-state index contributed by atoms with van der Waals surface area (Å²) < 4.78 is 11.0. The highest BCUT2D eigenvalue weighted by Crippen LogP contribution is 2.17. The van der Waals surface area contributed by atoms with Gasteiger partial charge in [0.2, 0.25) is 0 Å². The van der Waals surface area contributed by atoms with Crippen LogP contribution in [0.3, 0.4) is 0 Å². The van der Waals surface area contributed by atoms with Crippen LogP contribution in [0.25, 0.3) is 0 Å². The number of aliphatic imine (C=N–C) groups is 1. The molecule has 1 rings (SSSR count). The lowest BCUT2D eigenvalue weighted by Gasteiger charge is -2.20. The minimum Gasteiger partial charge on any atom is -0.489 e. The zero-order chi connectivity index (χ0) is 15.7. The van der Waals surface area contributed by atoms with Gasteiger partial charge < -0.3 is 20.1 Å². The van der Waals surface area contributed by atoms with Crippen molar-refractivity contribution in [3.63, 3.8) is 0 Å². The lowest BCUT2D eigenvalue weighted by molar-refractivity contribution is 0.178. The van der Waals surface area contributed by atoms with Gasteiger partial charge in [-0.05, 0) is 32.4 Å². The summed E-state index contributed by atoms with van der Waals surface area (Å²) in [5, 5.41) is 6.51. The van der Waals surface area contributed by atoms with Crippen molar-refractivity contribution in [1.82, 2.24) is 10.6 Å². The van der Waals surface area contributed by atoms with E-state index in [1.54, 1.807) is 14.2 Å². The summed E-state index contributed by atoms with van der Waals surface area (Å²) in [6.45, 7) is 7.43. The van der Waals surface area contributed by atoms with Crippen molar-refractivity contribution in [2.45, 2.75) is 32.9 Å². The van der Waals surface area contributed by atoms with Gasteiger partial charge in [0, 0.05) is 20.2 Å². The van der Waals surface area contributed by atoms with E-state index >= 15 is 0 Å². The third kappa shape index (κ3) is 7.84. The molecule has 1 aromatic rings. The Morgan fingerprint density at radius 1 is 1.27 bits per heavy atom. The van der Waals surface area contributed by atoms with E-state index in [4.69, 9.17) is 9.47 Å². The van der Waals surface area contributed by atoms with Gasteiger partial charge in [-0.15, -0.1) is 24.0 Å². The van der Waals surface area contributed by atoms with Gasteiger partial charge in [-0.2, -0.15) is 0 Å². The number of halogens is 1. The van der Waals surface area contributed by atoms with E-state index in [0.29, 0.717) is 13.2 Å². The largest absolute Gasteiger partial charge is 0.489 e. The van der Waals surface area contributed by atoms with Gasteiger partial charge in [-0.3, -0.25) is 4.99 Å². The maximum absolute atomic E-state index is 5.92. The summed E-state index contributed by atoms with van der Waals surface area (Å²) in [6.07, 6.45) is 0.0439. The van der Waals surface area contributed by atoms with Crippen molar-refractivity contribution in [3.05, 3.63) is 29.8 Å². The number of benzene rings is 1. The van der Waals surface area contributed by atoms with Crippen LogP contribution in [0, 0.1) is 6.92 Å². The van der Waals surface area contributed by atoms with Gasteiger partial charge in [0.1, 0.15) is 11.9 Å². The first kappa shape index (κ1) is 21.0. The molecular weight excluding hydrogens is 393 g/mol. The number of nitrogens with zero attached hydrogens (tertiary/aromatic N) is 1. The molecule has 0 fully saturated rings. The second kappa shape index (κ2) is 11.5. The molecule has 0 heterocycles. The molecule has 2 N–H and O–H groups in total. The minimum atomic E-state index is 0. The highest BCUT2D eigenvalue weighted by Gasteiger charge is 2.09. The standard InChI is InChI=1S/C16H27N3O2.HI/c1-12-8-6-7-9-15(12)21-14(3)10-18-16(17-4)19-13(2)11-20-5;/h6-9,13-14H,10-11H2,1-5H3,(H2,17,18,19);1H. The number of aryl methyl sites for hydroxylation is 1. The van der Waals surface area contributed by atoms with Crippen molar-refractivity contribution in [2.75, 3.05) is 27.3 Å². The van der Waals surface area contributed by atoms with Crippen molar-refractivity contribution in [2.24, 2.45) is 4.99 Å². The van der Waals surface area contributed by atoms with Crippen LogP contribution in [0.15, 0.2) is 29.3 Å². The molecule has 0 spiro atoms. The van der Waals surface area contributed by atoms with Gasteiger partial charge in [0.05, 0.1) is 13.2 Å². The van der Waals surface area contributed by atoms with Crippen molar-refractivity contribution >= 4 is 29.9 Å². The molecular formula is C16H28IN3O2. The summed E-state index contributed by atoms with van der Waals surface area (Å²) >= 11 is 0. The second-order valence-corrected chi connectivity index (χ2v) is 5.15. The number of methoxy groups -OCH3 is 1. The molecule has 6 heteroatoms. The smallest absolute Gasteiger partial charge is 0.191 e. The molecule has 0 saturated carbocycles. The number of hydrogen-bond acceptors (Lipinski definition) is 3. The highest BCUT2D eigenvalue weighted by atomic mass is 127. The van der Waals surface area contributed by atoms with E-state index in [2.05, 4.69) is 15.6 Å². The Bertz CT molecular complexity index is 455. The Morgan fingerprint density at radius 2 is 1.95 bits per heavy atom. The van der Waals surface area contributed by atoms with Gasteiger partial charge in [0.15, 0.2) is 5.96 Å². The molecule has 22 heavy (non-hydrogen) atoms. The number of rotatable bonds is 7. The molecule has 1 aromatic carbocycles. The molecule has 0 saturated heterocycles. The number of ether oxygens (including phenoxy) is 2. The van der Waals surface area contributed by atoms with Crippen LogP contribution in [-0.2, 0) is 4.74 Å². The maximum Gasteiger partial charge on any atom is 0.191 e. The normalized spacial score (nSPS) is 13.8. The molecule has 0 amide bonds. The fraction of sp³-hybridized carbons (Fsp3) is 0.562. The zero-order valence-electron chi connectivity index (χ0n) is 14.1. The molecule has 2 atom stereocenters. The van der Waals surface area contributed by atoms with Crippen LogP contribution in [0.2, 0.25) is 0 Å². The molecule has 0 aliphatic heterocycles. The van der Waals surface area contributed by atoms with Gasteiger partial charge in [0.25, 0.3) is 0 Å². The molecule has 5 nitrogen and oxygen atoms in total. The Labute approximate surface area is 150 Å². The third-order valence-corrected chi connectivity index (χ3v) is 3.00. The summed E-state index contributed by atoms with van der Waals surface area (Å²) in [5.74, 6) is 1.67. The predicted molar refractivity (Wildman–Crippen MR) is 103 cm³/mol. The van der Waals surface area contributed by atoms with Gasteiger partial charge in [-0.1, -0.05) is 18.2 Å². The lowest BCUT2D eigenvalue weighted by Crippen LogP contribution is -2.46. The minimum absolute atomic E-state index is 0. The van der Waals surface area contributed by atoms with E-state index in [-0.39, 0.29) is 36.1 Å². The summed E-state index contributed by atoms with van der Waals surface area (Å²) in [5.41, 5.74) is 1.14. The van der Waals surface area contributed by atoms with Crippen LogP contribution in [0.5, 0.6) is 5.75 Å². The zero-order valence-corrected chi connectivity index (χ0v) is 16.4. The highest BCUT2D eigenvalue weighted by molar-refractivity contribution is 14.0. The fourth-order valence-electron chi connectivity index (χ4n) is 1.91. The third-order valence-electron chi connectivity index (χ3n) is 3.00. The van der Waals surface area contributed by atoms with Crippen molar-refractivity contribution in [3.8, 4) is 5.75 Å². The second-order valence-electron chi connectivity index (χ2n) is 5.15. The SMILES string of the molecule is CN=C(NCC(C)Oc1ccccc1C)NC(C)COC.I. The molecule has 2 unspecified atom stereocenters. The van der Waals surface area contributed by atoms with E-state index in [0.717, 1.165) is 17.3 Å². The van der Waals surface area contributed by atoms with Crippen LogP contribution in [0.1, 0.15) is 19.4 Å². The molecule has 0 aliphatic carbocycles. The first-order valence-corrected chi connectivity index (χ1v) is 7.25. The monoisotopic (exact) mass is 421 g/mol. The Hall–Kier alpha value is -1.02. The Balaban J connectivity index is 0.00000441. The average molecular weight is 421 g/mol. The van der Waals surface area contributed by atoms with E-state index in [1.807, 2.05) is 45.0 Å². The molecule has 0 radical (unpaired) electrons. The molecule has 0 aliphatic rings. The number of nitrogens with one attached hydrogen (secondary N) is 2. The van der Waals surface area contributed by atoms with Crippen molar-refractivity contribution < 1.29 is 9.47 Å². The number of guanidine groups is 1. The Kier molecular flexibility index (Phi) is 11.0. The van der Waals surface area contributed by atoms with Crippen molar-refractivity contribution in [1.29, 1.82) is 0 Å². The summed E-state index contributed by atoms with van der Waals surface area (Å²) in [4.78, 5) is 4.19. The molecule has 0 bridgehead atoms. The predicted octanol–water partition coefficient (Wildman–Crippen LogP) is 2.58. The van der Waals surface area contributed by atoms with E-state index in [9.17, 15) is 0 Å². The van der Waals surface area contributed by atoms with Crippen LogP contribution in [0.4, 0.5) is 0 Å². The average Bonchev–Trinajstić information content (AvgIpc) is 2.46. The number of para-hydroxylation sites is 1. The Morgan fingerprint density at radius 3 is 2.55 bits per heavy atom. The fourth-order valence-corrected chi connectivity index (χ4v) is 1.91. The summed E-state index contributed by atoms with van der Waals surface area (Å²) in [7, 11) is 3.44.